The number of pyridine rings is 1. The van der Waals surface area contributed by atoms with Crippen LogP contribution >= 0.6 is 0 Å². The summed E-state index contributed by atoms with van der Waals surface area (Å²) in [5.74, 6) is -1.10. The summed E-state index contributed by atoms with van der Waals surface area (Å²) in [4.78, 5) is 22.6. The first-order chi connectivity index (χ1) is 9.01. The first-order valence-electron chi connectivity index (χ1n) is 5.98. The Kier molecular flexibility index (Phi) is 3.50. The van der Waals surface area contributed by atoms with Crippen LogP contribution in [0, 0.1) is 6.92 Å². The standard InChI is InChI=1S/C13H15N3O3/c1-3-16-11(6-9(2)14-16)8-15-5-4-10(13(18)19)7-12(15)17/h4-7H,3,8H2,1-2H3,(H,18,19). The molecular weight excluding hydrogens is 246 g/mol. The van der Waals surface area contributed by atoms with Crippen LogP contribution in [0.5, 0.6) is 0 Å². The molecular formula is C13H15N3O3. The summed E-state index contributed by atoms with van der Waals surface area (Å²) in [5.41, 5.74) is 1.49. The van der Waals surface area contributed by atoms with Crippen molar-refractivity contribution in [3.63, 3.8) is 0 Å². The first-order valence-corrected chi connectivity index (χ1v) is 5.98. The van der Waals surface area contributed by atoms with Crippen molar-refractivity contribution in [2.45, 2.75) is 26.9 Å². The summed E-state index contributed by atoms with van der Waals surface area (Å²) in [5, 5.41) is 13.1. The van der Waals surface area contributed by atoms with E-state index in [0.717, 1.165) is 24.0 Å². The van der Waals surface area contributed by atoms with Gasteiger partial charge in [0.25, 0.3) is 5.56 Å². The van der Waals surface area contributed by atoms with Crippen molar-refractivity contribution in [3.05, 3.63) is 51.7 Å². The predicted molar refractivity (Wildman–Crippen MR) is 69.4 cm³/mol. The zero-order chi connectivity index (χ0) is 14.0. The number of carboxylic acid groups (broad SMARTS) is 1. The number of carboxylic acids is 1. The molecule has 100 valence electrons. The monoisotopic (exact) mass is 261 g/mol. The molecule has 0 spiro atoms. The lowest BCUT2D eigenvalue weighted by atomic mass is 10.2. The average molecular weight is 261 g/mol. The number of carbonyl (C=O) groups is 1. The van der Waals surface area contributed by atoms with Crippen LogP contribution in [0.3, 0.4) is 0 Å². The second-order valence-corrected chi connectivity index (χ2v) is 4.28. The Morgan fingerprint density at radius 3 is 2.74 bits per heavy atom. The van der Waals surface area contributed by atoms with E-state index >= 15 is 0 Å². The van der Waals surface area contributed by atoms with Gasteiger partial charge in [0.2, 0.25) is 0 Å². The molecule has 0 saturated heterocycles. The Bertz CT molecular complexity index is 670. The van der Waals surface area contributed by atoms with Crippen LogP contribution in [0.4, 0.5) is 0 Å². The zero-order valence-electron chi connectivity index (χ0n) is 10.8. The zero-order valence-corrected chi connectivity index (χ0v) is 10.8. The lowest BCUT2D eigenvalue weighted by molar-refractivity contribution is 0.0696. The number of aromatic carboxylic acids is 1. The molecule has 0 amide bonds. The number of nitrogens with zero attached hydrogens (tertiary/aromatic N) is 3. The molecule has 2 heterocycles. The van der Waals surface area contributed by atoms with Crippen LogP contribution in [-0.2, 0) is 13.1 Å². The summed E-state index contributed by atoms with van der Waals surface area (Å²) in [7, 11) is 0. The molecule has 0 radical (unpaired) electrons. The van der Waals surface area contributed by atoms with E-state index in [-0.39, 0.29) is 11.1 Å². The number of hydrogen-bond acceptors (Lipinski definition) is 3. The molecule has 0 unspecified atom stereocenters. The molecule has 2 aromatic rings. The highest BCUT2D eigenvalue weighted by Crippen LogP contribution is 2.05. The molecule has 1 N–H and O–H groups in total. The summed E-state index contributed by atoms with van der Waals surface area (Å²) in [6.45, 7) is 4.98. The van der Waals surface area contributed by atoms with Crippen molar-refractivity contribution in [2.75, 3.05) is 0 Å². The Balaban J connectivity index is 2.33. The highest BCUT2D eigenvalue weighted by atomic mass is 16.4. The number of rotatable bonds is 4. The molecule has 0 saturated carbocycles. The quantitative estimate of drug-likeness (QED) is 0.894. The van der Waals surface area contributed by atoms with E-state index in [1.54, 1.807) is 0 Å². The van der Waals surface area contributed by atoms with Gasteiger partial charge in [0.05, 0.1) is 23.5 Å². The minimum Gasteiger partial charge on any atom is -0.478 e. The third-order valence-corrected chi connectivity index (χ3v) is 2.86. The van der Waals surface area contributed by atoms with E-state index in [4.69, 9.17) is 5.11 Å². The second-order valence-electron chi connectivity index (χ2n) is 4.28. The second kappa shape index (κ2) is 5.09. The third-order valence-electron chi connectivity index (χ3n) is 2.86. The molecule has 2 rings (SSSR count). The molecule has 19 heavy (non-hydrogen) atoms. The summed E-state index contributed by atoms with van der Waals surface area (Å²) in [6, 6.07) is 4.46. The fourth-order valence-corrected chi connectivity index (χ4v) is 1.95. The maximum absolute atomic E-state index is 11.8. The van der Waals surface area contributed by atoms with Crippen LogP contribution < -0.4 is 5.56 Å². The molecule has 6 nitrogen and oxygen atoms in total. The smallest absolute Gasteiger partial charge is 0.335 e. The number of aryl methyl sites for hydroxylation is 2. The molecule has 0 bridgehead atoms. The van der Waals surface area contributed by atoms with Gasteiger partial charge >= 0.3 is 5.97 Å². The molecule has 0 atom stereocenters. The lowest BCUT2D eigenvalue weighted by Crippen LogP contribution is -2.22. The molecule has 0 aliphatic heterocycles. The molecule has 6 heteroatoms. The Morgan fingerprint density at radius 2 is 2.16 bits per heavy atom. The van der Waals surface area contributed by atoms with Gasteiger partial charge in [0, 0.05) is 18.8 Å². The van der Waals surface area contributed by atoms with Crippen molar-refractivity contribution in [3.8, 4) is 0 Å². The summed E-state index contributed by atoms with van der Waals surface area (Å²) in [6.07, 6.45) is 1.49. The van der Waals surface area contributed by atoms with Crippen LogP contribution in [-0.4, -0.2) is 25.4 Å². The van der Waals surface area contributed by atoms with Crippen LogP contribution in [0.2, 0.25) is 0 Å². The summed E-state index contributed by atoms with van der Waals surface area (Å²) >= 11 is 0. The van der Waals surface area contributed by atoms with Crippen LogP contribution in [0.15, 0.2) is 29.2 Å². The molecule has 0 aromatic carbocycles. The van der Waals surface area contributed by atoms with Crippen molar-refractivity contribution < 1.29 is 9.90 Å². The van der Waals surface area contributed by atoms with Crippen molar-refractivity contribution in [1.82, 2.24) is 14.3 Å². The fraction of sp³-hybridized carbons (Fsp3) is 0.308. The molecule has 0 aliphatic rings. The predicted octanol–water partition coefficient (Wildman–Crippen LogP) is 1.12. The van der Waals surface area contributed by atoms with Crippen molar-refractivity contribution in [2.24, 2.45) is 0 Å². The van der Waals surface area contributed by atoms with E-state index in [0.29, 0.717) is 6.54 Å². The number of hydrogen-bond donors (Lipinski definition) is 1. The van der Waals surface area contributed by atoms with Gasteiger partial charge in [0.15, 0.2) is 0 Å². The fourth-order valence-electron chi connectivity index (χ4n) is 1.95. The van der Waals surface area contributed by atoms with Gasteiger partial charge in [-0.3, -0.25) is 9.48 Å². The van der Waals surface area contributed by atoms with Gasteiger partial charge in [0.1, 0.15) is 0 Å². The van der Waals surface area contributed by atoms with E-state index in [2.05, 4.69) is 5.10 Å². The topological polar surface area (TPSA) is 77.1 Å². The van der Waals surface area contributed by atoms with Crippen molar-refractivity contribution in [1.29, 1.82) is 0 Å². The maximum Gasteiger partial charge on any atom is 0.335 e. The van der Waals surface area contributed by atoms with Crippen LogP contribution in [0.1, 0.15) is 28.7 Å². The van der Waals surface area contributed by atoms with Crippen molar-refractivity contribution >= 4 is 5.97 Å². The average Bonchev–Trinajstić information content (AvgIpc) is 2.71. The number of aromatic nitrogens is 3. The lowest BCUT2D eigenvalue weighted by Gasteiger charge is -2.07. The summed E-state index contributed by atoms with van der Waals surface area (Å²) < 4.78 is 3.29. The molecule has 0 aliphatic carbocycles. The molecule has 2 aromatic heterocycles. The van der Waals surface area contributed by atoms with Gasteiger partial charge in [-0.05, 0) is 26.0 Å². The first kappa shape index (κ1) is 13.1. The maximum atomic E-state index is 11.8. The minimum atomic E-state index is -1.10. The minimum absolute atomic E-state index is 0.00132. The highest BCUT2D eigenvalue weighted by Gasteiger charge is 2.08. The van der Waals surface area contributed by atoms with Gasteiger partial charge < -0.3 is 9.67 Å². The van der Waals surface area contributed by atoms with E-state index in [9.17, 15) is 9.59 Å². The largest absolute Gasteiger partial charge is 0.478 e. The van der Waals surface area contributed by atoms with Gasteiger partial charge in [-0.1, -0.05) is 0 Å². The van der Waals surface area contributed by atoms with E-state index in [1.165, 1.54) is 16.8 Å². The Hall–Kier alpha value is -2.37. The van der Waals surface area contributed by atoms with E-state index in [1.807, 2.05) is 24.6 Å². The highest BCUT2D eigenvalue weighted by molar-refractivity contribution is 5.87. The third kappa shape index (κ3) is 2.73. The molecule has 0 fully saturated rings. The Labute approximate surface area is 109 Å². The van der Waals surface area contributed by atoms with Crippen LogP contribution in [0.25, 0.3) is 0 Å². The van der Waals surface area contributed by atoms with Gasteiger partial charge in [-0.2, -0.15) is 5.10 Å². The SMILES string of the molecule is CCn1nc(C)cc1Cn1ccc(C(=O)O)cc1=O. The van der Waals surface area contributed by atoms with Gasteiger partial charge in [-0.15, -0.1) is 0 Å². The van der Waals surface area contributed by atoms with E-state index < -0.39 is 5.97 Å². The normalized spacial score (nSPS) is 10.6. The van der Waals surface area contributed by atoms with Gasteiger partial charge in [-0.25, -0.2) is 4.79 Å². The Morgan fingerprint density at radius 1 is 1.42 bits per heavy atom.